The van der Waals surface area contributed by atoms with Crippen LogP contribution in [-0.4, -0.2) is 27.6 Å². The first kappa shape index (κ1) is 21.3. The lowest BCUT2D eigenvalue weighted by Crippen LogP contribution is -2.36. The quantitative estimate of drug-likeness (QED) is 0.439. The number of amides is 2. The number of carbonyl (C=O) groups excluding carboxylic acids is 3. The highest BCUT2D eigenvalue weighted by molar-refractivity contribution is 6.30. The van der Waals surface area contributed by atoms with Crippen LogP contribution in [0.3, 0.4) is 0 Å². The van der Waals surface area contributed by atoms with Gasteiger partial charge in [-0.1, -0.05) is 17.7 Å². The molecule has 0 bridgehead atoms. The summed E-state index contributed by atoms with van der Waals surface area (Å²) in [5.74, 6) is -1.97. The highest BCUT2D eigenvalue weighted by Crippen LogP contribution is 2.30. The topological polar surface area (TPSA) is 133 Å². The van der Waals surface area contributed by atoms with E-state index < -0.39 is 23.3 Å². The van der Waals surface area contributed by atoms with Crippen LogP contribution in [0.4, 0.5) is 23.1 Å². The van der Waals surface area contributed by atoms with Gasteiger partial charge in [-0.3, -0.25) is 24.2 Å². The van der Waals surface area contributed by atoms with Gasteiger partial charge in [0.05, 0.1) is 11.5 Å². The van der Waals surface area contributed by atoms with E-state index in [-0.39, 0.29) is 29.5 Å². The Hall–Kier alpha value is -3.98. The molecule has 0 saturated heterocycles. The van der Waals surface area contributed by atoms with Gasteiger partial charge in [0.1, 0.15) is 5.82 Å². The molecule has 0 aliphatic carbocycles. The zero-order valence-electron chi connectivity index (χ0n) is 16.9. The van der Waals surface area contributed by atoms with Crippen LogP contribution >= 0.6 is 11.6 Å². The molecular formula is C22H18ClN5O4. The SMILES string of the molecule is CC(=O)c1ccc(NC(=O)C2CC(=O)Nc3nc(Nc4cccc(Cl)c4)[nH]c(=O)c32)cc1. The maximum Gasteiger partial charge on any atom is 0.258 e. The molecular weight excluding hydrogens is 434 g/mol. The van der Waals surface area contributed by atoms with Gasteiger partial charge in [-0.25, -0.2) is 0 Å². The summed E-state index contributed by atoms with van der Waals surface area (Å²) in [4.78, 5) is 56.2. The Morgan fingerprint density at radius 1 is 1.09 bits per heavy atom. The number of ketones is 1. The predicted octanol–water partition coefficient (Wildman–Crippen LogP) is 3.43. The van der Waals surface area contributed by atoms with Crippen LogP contribution < -0.4 is 21.5 Å². The fraction of sp³-hybridized carbons (Fsp3) is 0.136. The average molecular weight is 452 g/mol. The fourth-order valence-electron chi connectivity index (χ4n) is 3.38. The highest BCUT2D eigenvalue weighted by Gasteiger charge is 2.34. The van der Waals surface area contributed by atoms with Crippen LogP contribution in [-0.2, 0) is 9.59 Å². The number of fused-ring (bicyclic) bond motifs is 1. The Bertz CT molecular complexity index is 1290. The fourth-order valence-corrected chi connectivity index (χ4v) is 3.57. The maximum atomic E-state index is 12.9. The predicted molar refractivity (Wildman–Crippen MR) is 121 cm³/mol. The van der Waals surface area contributed by atoms with Gasteiger partial charge in [0.15, 0.2) is 5.78 Å². The van der Waals surface area contributed by atoms with Crippen LogP contribution in [0.25, 0.3) is 0 Å². The van der Waals surface area contributed by atoms with Crippen molar-refractivity contribution in [2.24, 2.45) is 0 Å². The molecule has 9 nitrogen and oxygen atoms in total. The van der Waals surface area contributed by atoms with Crippen molar-refractivity contribution in [1.29, 1.82) is 0 Å². The number of nitrogens with one attached hydrogen (secondary N) is 4. The zero-order valence-corrected chi connectivity index (χ0v) is 17.6. The summed E-state index contributed by atoms with van der Waals surface area (Å²) in [5.41, 5.74) is 1.05. The van der Waals surface area contributed by atoms with Crippen LogP contribution in [0, 0.1) is 0 Å². The molecule has 3 aromatic rings. The van der Waals surface area contributed by atoms with E-state index in [4.69, 9.17) is 11.6 Å². The van der Waals surface area contributed by atoms with E-state index in [2.05, 4.69) is 25.9 Å². The Labute approximate surface area is 187 Å². The van der Waals surface area contributed by atoms with Crippen molar-refractivity contribution in [3.8, 4) is 0 Å². The average Bonchev–Trinajstić information content (AvgIpc) is 2.73. The lowest BCUT2D eigenvalue weighted by molar-refractivity contribution is -0.123. The van der Waals surface area contributed by atoms with Gasteiger partial charge in [0, 0.05) is 28.4 Å². The number of Topliss-reactive ketones (excluding diaryl/α,β-unsaturated/α-hetero) is 1. The molecule has 1 aliphatic rings. The van der Waals surface area contributed by atoms with E-state index in [9.17, 15) is 19.2 Å². The van der Waals surface area contributed by atoms with Gasteiger partial charge >= 0.3 is 0 Å². The van der Waals surface area contributed by atoms with E-state index >= 15 is 0 Å². The van der Waals surface area contributed by atoms with E-state index in [1.54, 1.807) is 48.5 Å². The van der Waals surface area contributed by atoms with Crippen molar-refractivity contribution >= 4 is 52.3 Å². The molecule has 0 spiro atoms. The van der Waals surface area contributed by atoms with Crippen LogP contribution in [0.2, 0.25) is 5.02 Å². The smallest absolute Gasteiger partial charge is 0.258 e. The molecule has 1 aromatic heterocycles. The van der Waals surface area contributed by atoms with Gasteiger partial charge in [0.2, 0.25) is 17.8 Å². The number of carbonyl (C=O) groups is 3. The number of nitrogens with zero attached hydrogens (tertiary/aromatic N) is 1. The van der Waals surface area contributed by atoms with Gasteiger partial charge < -0.3 is 16.0 Å². The summed E-state index contributed by atoms with van der Waals surface area (Å²) in [6.45, 7) is 1.44. The van der Waals surface area contributed by atoms with Crippen molar-refractivity contribution in [2.75, 3.05) is 16.0 Å². The minimum atomic E-state index is -1.03. The molecule has 0 saturated carbocycles. The molecule has 32 heavy (non-hydrogen) atoms. The monoisotopic (exact) mass is 451 g/mol. The van der Waals surface area contributed by atoms with Crippen molar-refractivity contribution in [2.45, 2.75) is 19.3 Å². The minimum absolute atomic E-state index is 0.0154. The second-order valence-electron chi connectivity index (χ2n) is 7.24. The Morgan fingerprint density at radius 3 is 2.53 bits per heavy atom. The largest absolute Gasteiger partial charge is 0.326 e. The van der Waals surface area contributed by atoms with E-state index in [1.165, 1.54) is 6.92 Å². The number of rotatable bonds is 5. The first-order valence-corrected chi connectivity index (χ1v) is 10.1. The second-order valence-corrected chi connectivity index (χ2v) is 7.68. The minimum Gasteiger partial charge on any atom is -0.326 e. The van der Waals surface area contributed by atoms with Gasteiger partial charge in [-0.15, -0.1) is 0 Å². The Balaban J connectivity index is 1.60. The number of halogens is 1. The van der Waals surface area contributed by atoms with Crippen molar-refractivity contribution in [3.63, 3.8) is 0 Å². The molecule has 2 aromatic carbocycles. The van der Waals surface area contributed by atoms with Crippen LogP contribution in [0.15, 0.2) is 53.3 Å². The summed E-state index contributed by atoms with van der Waals surface area (Å²) >= 11 is 5.97. The van der Waals surface area contributed by atoms with E-state index in [0.717, 1.165) is 0 Å². The number of anilines is 4. The third-order valence-electron chi connectivity index (χ3n) is 4.91. The normalized spacial score (nSPS) is 14.8. The molecule has 1 atom stereocenters. The summed E-state index contributed by atoms with van der Waals surface area (Å²) in [7, 11) is 0. The molecule has 10 heteroatoms. The first-order valence-electron chi connectivity index (χ1n) is 9.68. The molecule has 1 aliphatic heterocycles. The molecule has 162 valence electrons. The molecule has 2 amide bonds. The Kier molecular flexibility index (Phi) is 5.74. The number of hydrogen-bond acceptors (Lipinski definition) is 6. The third-order valence-corrected chi connectivity index (χ3v) is 5.15. The van der Waals surface area contributed by atoms with Crippen LogP contribution in [0.1, 0.15) is 35.2 Å². The summed E-state index contributed by atoms with van der Waals surface area (Å²) in [5, 5.41) is 8.65. The Morgan fingerprint density at radius 2 is 1.84 bits per heavy atom. The number of aromatic amines is 1. The lowest BCUT2D eigenvalue weighted by Gasteiger charge is -2.23. The van der Waals surface area contributed by atoms with E-state index in [0.29, 0.717) is 22.0 Å². The number of aromatic nitrogens is 2. The number of benzene rings is 2. The van der Waals surface area contributed by atoms with E-state index in [1.807, 2.05) is 0 Å². The van der Waals surface area contributed by atoms with Crippen molar-refractivity contribution < 1.29 is 14.4 Å². The number of hydrogen-bond donors (Lipinski definition) is 4. The second kappa shape index (κ2) is 8.64. The summed E-state index contributed by atoms with van der Waals surface area (Å²) in [6.07, 6.45) is -0.198. The van der Waals surface area contributed by atoms with Gasteiger partial charge in [-0.05, 0) is 49.4 Å². The third kappa shape index (κ3) is 4.52. The van der Waals surface area contributed by atoms with Crippen molar-refractivity contribution in [1.82, 2.24) is 9.97 Å². The summed E-state index contributed by atoms with van der Waals surface area (Å²) < 4.78 is 0. The molecule has 1 unspecified atom stereocenters. The van der Waals surface area contributed by atoms with Crippen molar-refractivity contribution in [3.05, 3.63) is 75.0 Å². The highest BCUT2D eigenvalue weighted by atomic mass is 35.5. The molecule has 2 heterocycles. The number of H-pyrrole nitrogens is 1. The maximum absolute atomic E-state index is 12.9. The lowest BCUT2D eigenvalue weighted by atomic mass is 9.92. The molecule has 0 radical (unpaired) electrons. The van der Waals surface area contributed by atoms with Gasteiger partial charge in [0.25, 0.3) is 5.56 Å². The first-order chi connectivity index (χ1) is 15.3. The summed E-state index contributed by atoms with van der Waals surface area (Å²) in [6, 6.07) is 13.1. The molecule has 0 fully saturated rings. The molecule has 4 rings (SSSR count). The standard InChI is InChI=1S/C22H18ClN5O4/c1-11(29)12-5-7-14(8-6-12)24-20(31)16-10-17(30)26-19-18(16)21(32)28-22(27-19)25-15-4-2-3-13(23)9-15/h2-9,16H,10H2,1H3,(H,24,31)(H3,25,26,27,28,30,32). The van der Waals surface area contributed by atoms with Crippen LogP contribution in [0.5, 0.6) is 0 Å². The molecule has 4 N–H and O–H groups in total. The zero-order chi connectivity index (χ0) is 22.8. The van der Waals surface area contributed by atoms with Gasteiger partial charge in [-0.2, -0.15) is 4.98 Å².